The summed E-state index contributed by atoms with van der Waals surface area (Å²) in [5.74, 6) is -0.370. The molecule has 33 heavy (non-hydrogen) atoms. The highest BCUT2D eigenvalue weighted by Gasteiger charge is 2.18. The molecule has 2 aromatic carbocycles. The highest BCUT2D eigenvalue weighted by molar-refractivity contribution is 6.11. The fourth-order valence-corrected chi connectivity index (χ4v) is 3.55. The van der Waals surface area contributed by atoms with Gasteiger partial charge in [-0.15, -0.1) is 0 Å². The van der Waals surface area contributed by atoms with Crippen molar-refractivity contribution >= 4 is 28.4 Å². The lowest BCUT2D eigenvalue weighted by Crippen LogP contribution is -2.43. The lowest BCUT2D eigenvalue weighted by atomic mass is 10.0. The predicted octanol–water partition coefficient (Wildman–Crippen LogP) is 4.91. The van der Waals surface area contributed by atoms with Crippen LogP contribution in [0.5, 0.6) is 5.75 Å². The van der Waals surface area contributed by atoms with E-state index in [4.69, 9.17) is 14.9 Å². The van der Waals surface area contributed by atoms with Gasteiger partial charge < -0.3 is 25.5 Å². The van der Waals surface area contributed by atoms with Crippen molar-refractivity contribution in [2.75, 3.05) is 25.6 Å². The molecule has 9 heteroatoms. The van der Waals surface area contributed by atoms with Crippen molar-refractivity contribution in [1.82, 2.24) is 10.3 Å². The number of fused-ring (bicyclic) bond motifs is 1. The monoisotopic (exact) mass is 456 g/mol. The second kappa shape index (κ2) is 9.91. The molecule has 0 radical (unpaired) electrons. The molecule has 0 saturated carbocycles. The molecule has 172 valence electrons. The minimum absolute atomic E-state index is 0.0172. The Labute approximate surface area is 188 Å². The molecule has 1 aromatic heterocycles. The minimum atomic E-state index is -2.88. The number of anilines is 1. The summed E-state index contributed by atoms with van der Waals surface area (Å²) in [6, 6.07) is 9.49. The maximum absolute atomic E-state index is 14.4. The van der Waals surface area contributed by atoms with E-state index in [2.05, 4.69) is 15.6 Å². The number of hydrogen-bond donors (Lipinski definition) is 3. The minimum Gasteiger partial charge on any atom is -0.496 e. The molecule has 4 rings (SSSR count). The van der Waals surface area contributed by atoms with Gasteiger partial charge in [0.1, 0.15) is 11.6 Å². The first-order chi connectivity index (χ1) is 16.0. The Balaban J connectivity index is 1.67. The van der Waals surface area contributed by atoms with Crippen LogP contribution in [0.3, 0.4) is 0 Å². The second-order valence-corrected chi connectivity index (χ2v) is 7.55. The molecule has 1 fully saturated rings. The molecule has 0 spiro atoms. The van der Waals surface area contributed by atoms with Gasteiger partial charge in [0.2, 0.25) is 0 Å². The zero-order valence-electron chi connectivity index (χ0n) is 17.9. The van der Waals surface area contributed by atoms with E-state index >= 15 is 0 Å². The summed E-state index contributed by atoms with van der Waals surface area (Å²) in [4.78, 5) is 4.38. The van der Waals surface area contributed by atoms with Gasteiger partial charge in [0.15, 0.2) is 0 Å². The molecule has 1 aliphatic heterocycles. The normalized spacial score (nSPS) is 14.3. The van der Waals surface area contributed by atoms with Gasteiger partial charge in [-0.1, -0.05) is 18.2 Å². The summed E-state index contributed by atoms with van der Waals surface area (Å²) in [6.07, 6.45) is 1.69. The Bertz CT molecular complexity index is 1200. The molecule has 0 aliphatic carbocycles. The van der Waals surface area contributed by atoms with Crippen LogP contribution in [0.25, 0.3) is 16.5 Å². The van der Waals surface area contributed by atoms with Crippen molar-refractivity contribution in [3.63, 3.8) is 0 Å². The fraction of sp³-hybridized carbons (Fsp3) is 0.250. The van der Waals surface area contributed by atoms with Gasteiger partial charge in [-0.2, -0.15) is 0 Å². The number of pyridine rings is 1. The molecule has 0 amide bonds. The van der Waals surface area contributed by atoms with E-state index in [1.807, 2.05) is 6.07 Å². The second-order valence-electron chi connectivity index (χ2n) is 7.55. The topological polar surface area (TPSA) is 79.3 Å². The number of hydrogen-bond acceptors (Lipinski definition) is 6. The SMILES string of the molecule is COc1cc2nccc(NCc3cccc(C(F)F)c3F)c2cc1/C(C=N)=C/NC1COC1. The Morgan fingerprint density at radius 2 is 2.12 bits per heavy atom. The smallest absolute Gasteiger partial charge is 0.266 e. The maximum Gasteiger partial charge on any atom is 0.266 e. The van der Waals surface area contributed by atoms with Crippen molar-refractivity contribution in [2.45, 2.75) is 19.0 Å². The van der Waals surface area contributed by atoms with E-state index in [-0.39, 0.29) is 18.2 Å². The van der Waals surface area contributed by atoms with Crippen LogP contribution < -0.4 is 15.4 Å². The first-order valence-corrected chi connectivity index (χ1v) is 10.3. The number of methoxy groups -OCH3 is 1. The number of nitrogens with zero attached hydrogens (tertiary/aromatic N) is 1. The third-order valence-electron chi connectivity index (χ3n) is 5.45. The summed E-state index contributed by atoms with van der Waals surface area (Å²) in [5.41, 5.74) is 2.08. The third kappa shape index (κ3) is 4.78. The molecule has 0 bridgehead atoms. The fourth-order valence-electron chi connectivity index (χ4n) is 3.55. The van der Waals surface area contributed by atoms with Crippen molar-refractivity contribution in [1.29, 1.82) is 5.41 Å². The summed E-state index contributed by atoms with van der Waals surface area (Å²) in [6.45, 7) is 1.24. The van der Waals surface area contributed by atoms with E-state index in [9.17, 15) is 13.2 Å². The van der Waals surface area contributed by atoms with Gasteiger partial charge in [-0.25, -0.2) is 13.2 Å². The first-order valence-electron chi connectivity index (χ1n) is 10.3. The van der Waals surface area contributed by atoms with Gasteiger partial charge in [-0.3, -0.25) is 4.98 Å². The number of rotatable bonds is 9. The average Bonchev–Trinajstić information content (AvgIpc) is 2.79. The summed E-state index contributed by atoms with van der Waals surface area (Å²) in [5, 5.41) is 14.9. The van der Waals surface area contributed by atoms with Gasteiger partial charge in [0.05, 0.1) is 37.4 Å². The predicted molar refractivity (Wildman–Crippen MR) is 121 cm³/mol. The number of halogens is 3. The number of nitrogens with one attached hydrogen (secondary N) is 3. The van der Waals surface area contributed by atoms with Crippen molar-refractivity contribution in [3.8, 4) is 5.75 Å². The van der Waals surface area contributed by atoms with Crippen molar-refractivity contribution in [2.24, 2.45) is 0 Å². The molecule has 1 aliphatic rings. The van der Waals surface area contributed by atoms with Gasteiger partial charge >= 0.3 is 0 Å². The molecule has 6 nitrogen and oxygen atoms in total. The molecule has 0 atom stereocenters. The zero-order valence-corrected chi connectivity index (χ0v) is 17.9. The Hall–Kier alpha value is -3.59. The number of allylic oxidation sites excluding steroid dienone is 1. The van der Waals surface area contributed by atoms with Gasteiger partial charge in [0.25, 0.3) is 6.43 Å². The lowest BCUT2D eigenvalue weighted by molar-refractivity contribution is 0.000844. The maximum atomic E-state index is 14.4. The highest BCUT2D eigenvalue weighted by Crippen LogP contribution is 2.33. The third-order valence-corrected chi connectivity index (χ3v) is 5.45. The van der Waals surface area contributed by atoms with Crippen LogP contribution in [0.2, 0.25) is 0 Å². The molecule has 0 unspecified atom stereocenters. The Morgan fingerprint density at radius 1 is 1.30 bits per heavy atom. The largest absolute Gasteiger partial charge is 0.496 e. The molecule has 3 N–H and O–H groups in total. The standard InChI is InChI=1S/C24H23F3N4O2/c1-32-22-8-21-19(7-18(22)15(9-28)11-30-16-12-33-13-16)20(5-6-29-21)31-10-14-3-2-4-17(23(14)25)24(26)27/h2-9,11,16,24,28,30H,10,12-13H2,1H3,(H,29,31)/b15-11+,28-9?. The number of ether oxygens (including phenoxy) is 2. The summed E-state index contributed by atoms with van der Waals surface area (Å²) in [7, 11) is 1.54. The van der Waals surface area contributed by atoms with Gasteiger partial charge in [0, 0.05) is 59.0 Å². The van der Waals surface area contributed by atoms with Crippen molar-refractivity contribution < 1.29 is 22.6 Å². The Kier molecular flexibility index (Phi) is 6.79. The molecule has 2 heterocycles. The quantitative estimate of drug-likeness (QED) is 0.399. The van der Waals surface area contributed by atoms with Crippen LogP contribution in [0.1, 0.15) is 23.1 Å². The number of benzene rings is 2. The van der Waals surface area contributed by atoms with Crippen LogP contribution in [-0.2, 0) is 11.3 Å². The van der Waals surface area contributed by atoms with E-state index in [0.29, 0.717) is 41.3 Å². The summed E-state index contributed by atoms with van der Waals surface area (Å²) >= 11 is 0. The zero-order chi connectivity index (χ0) is 23.4. The van der Waals surface area contributed by atoms with Crippen molar-refractivity contribution in [3.05, 3.63) is 71.3 Å². The van der Waals surface area contributed by atoms with Crippen LogP contribution in [0, 0.1) is 11.2 Å². The summed E-state index contributed by atoms with van der Waals surface area (Å²) < 4.78 is 51.2. The van der Waals surface area contributed by atoms with E-state index in [1.165, 1.54) is 18.3 Å². The molecule has 3 aromatic rings. The van der Waals surface area contributed by atoms with Crippen LogP contribution in [0.15, 0.2) is 48.8 Å². The first kappa shape index (κ1) is 22.6. The van der Waals surface area contributed by atoms with E-state index in [0.717, 1.165) is 11.5 Å². The molecular weight excluding hydrogens is 433 g/mol. The molecular formula is C24H23F3N4O2. The average molecular weight is 456 g/mol. The van der Waals surface area contributed by atoms with Gasteiger partial charge in [-0.05, 0) is 12.1 Å². The van der Waals surface area contributed by atoms with Crippen LogP contribution in [-0.4, -0.2) is 37.6 Å². The van der Waals surface area contributed by atoms with E-state index < -0.39 is 17.8 Å². The molecule has 1 saturated heterocycles. The van der Waals surface area contributed by atoms with E-state index in [1.54, 1.807) is 31.6 Å². The van der Waals surface area contributed by atoms with Crippen LogP contribution in [0.4, 0.5) is 18.9 Å². The lowest BCUT2D eigenvalue weighted by Gasteiger charge is -2.26. The van der Waals surface area contributed by atoms with Crippen LogP contribution >= 0.6 is 0 Å². The Morgan fingerprint density at radius 3 is 2.79 bits per heavy atom. The highest BCUT2D eigenvalue weighted by atomic mass is 19.3. The number of alkyl halides is 2. The number of aromatic nitrogens is 1.